The van der Waals surface area contributed by atoms with Crippen molar-refractivity contribution < 1.29 is 43.4 Å². The molecule has 0 amide bonds. The predicted octanol–water partition coefficient (Wildman–Crippen LogP) is 2.03. The number of hydroxylamine groups is 3. The van der Waals surface area contributed by atoms with E-state index in [0.29, 0.717) is 49.4 Å². The molecule has 2 N–H and O–H groups in total. The number of aliphatic hydroxyl groups is 1. The third-order valence-corrected chi connectivity index (χ3v) is 6.10. The molecule has 3 rings (SSSR count). The molecule has 0 aliphatic carbocycles. The molecule has 1 unspecified atom stereocenters. The molecule has 182 valence electrons. The number of allylic oxidation sites excluding steroid dienone is 1. The highest BCUT2D eigenvalue weighted by molar-refractivity contribution is 5.98. The number of quaternary nitrogens is 1. The summed E-state index contributed by atoms with van der Waals surface area (Å²) >= 11 is 0. The largest absolute Gasteiger partial charge is 0.633 e. The van der Waals surface area contributed by atoms with E-state index in [4.69, 9.17) is 18.9 Å². The Hall–Kier alpha value is -2.66. The number of benzene rings is 1. The van der Waals surface area contributed by atoms with Crippen LogP contribution in [0.5, 0.6) is 11.5 Å². The molecule has 0 bridgehead atoms. The van der Waals surface area contributed by atoms with Crippen molar-refractivity contribution in [3.8, 4) is 11.5 Å². The first-order valence-corrected chi connectivity index (χ1v) is 10.9. The van der Waals surface area contributed by atoms with Gasteiger partial charge in [0.15, 0.2) is 0 Å². The smallest absolute Gasteiger partial charge is 0.342 e. The minimum Gasteiger partial charge on any atom is -0.633 e. The van der Waals surface area contributed by atoms with Crippen LogP contribution >= 0.6 is 0 Å². The minimum absolute atomic E-state index is 0.0380. The Bertz CT molecular complexity index is 935. The third kappa shape index (κ3) is 5.64. The lowest BCUT2D eigenvalue weighted by molar-refractivity contribution is -0.888. The molecule has 1 fully saturated rings. The number of nitrogens with zero attached hydrogens (tertiary/aromatic N) is 1. The first kappa shape index (κ1) is 25.0. The average Bonchev–Trinajstić information content (AvgIpc) is 3.17. The number of aromatic hydroxyl groups is 1. The fourth-order valence-corrected chi connectivity index (χ4v) is 4.09. The number of cyclic esters (lactones) is 1. The van der Waals surface area contributed by atoms with Crippen LogP contribution in [0, 0.1) is 12.1 Å². The van der Waals surface area contributed by atoms with Crippen molar-refractivity contribution in [2.45, 2.75) is 39.4 Å². The molecule has 1 saturated heterocycles. The van der Waals surface area contributed by atoms with Crippen LogP contribution in [-0.4, -0.2) is 73.4 Å². The number of hydrogen-bond acceptors (Lipinski definition) is 9. The second-order valence-corrected chi connectivity index (χ2v) is 8.37. The molecule has 0 saturated carbocycles. The maximum absolute atomic E-state index is 12.4. The van der Waals surface area contributed by atoms with Crippen LogP contribution < -0.4 is 4.74 Å². The van der Waals surface area contributed by atoms with Crippen LogP contribution in [0.4, 0.5) is 0 Å². The van der Waals surface area contributed by atoms with E-state index in [2.05, 4.69) is 0 Å². The molecular weight excluding hydrogens is 434 g/mol. The fourth-order valence-electron chi connectivity index (χ4n) is 4.09. The van der Waals surface area contributed by atoms with Crippen molar-refractivity contribution >= 4 is 11.9 Å². The molecule has 10 nitrogen and oxygen atoms in total. The number of aliphatic hydroxyl groups excluding tert-OH is 1. The first-order chi connectivity index (χ1) is 15.7. The zero-order valence-electron chi connectivity index (χ0n) is 19.2. The Morgan fingerprint density at radius 2 is 2.00 bits per heavy atom. The van der Waals surface area contributed by atoms with Gasteiger partial charge in [-0.15, -0.1) is 0 Å². The molecular formula is C23H31NO9. The number of esters is 2. The Morgan fingerprint density at radius 3 is 2.67 bits per heavy atom. The summed E-state index contributed by atoms with van der Waals surface area (Å²) in [7, 11) is 1.42. The number of rotatable bonds is 9. The van der Waals surface area contributed by atoms with Crippen LogP contribution in [0.3, 0.4) is 0 Å². The number of carbonyl (C=O) groups excluding carboxylic acids is 2. The monoisotopic (exact) mass is 465 g/mol. The number of ether oxygens (including phenoxy) is 4. The highest BCUT2D eigenvalue weighted by Gasteiger charge is 2.34. The van der Waals surface area contributed by atoms with E-state index < -0.39 is 22.7 Å². The Kier molecular flexibility index (Phi) is 7.96. The van der Waals surface area contributed by atoms with Gasteiger partial charge in [-0.2, -0.15) is 0 Å². The molecule has 33 heavy (non-hydrogen) atoms. The van der Waals surface area contributed by atoms with E-state index in [1.54, 1.807) is 13.8 Å². The molecule has 2 heterocycles. The van der Waals surface area contributed by atoms with E-state index in [1.165, 1.54) is 13.2 Å². The lowest BCUT2D eigenvalue weighted by Gasteiger charge is -2.44. The molecule has 0 aromatic heterocycles. The van der Waals surface area contributed by atoms with E-state index in [-0.39, 0.29) is 48.8 Å². The first-order valence-electron chi connectivity index (χ1n) is 10.9. The molecule has 1 aromatic rings. The second kappa shape index (κ2) is 10.5. The molecule has 10 heteroatoms. The van der Waals surface area contributed by atoms with Gasteiger partial charge in [-0.25, -0.2) is 4.79 Å². The topological polar surface area (TPSA) is 135 Å². The van der Waals surface area contributed by atoms with Gasteiger partial charge in [-0.05, 0) is 25.8 Å². The normalized spacial score (nSPS) is 18.5. The van der Waals surface area contributed by atoms with Crippen LogP contribution in [0.2, 0.25) is 0 Å². The number of phenolic OH excluding ortho intramolecular Hbond substituents is 1. The quantitative estimate of drug-likeness (QED) is 0.243. The summed E-state index contributed by atoms with van der Waals surface area (Å²) in [4.78, 5) is 24.1. The molecule has 2 aliphatic rings. The second-order valence-electron chi connectivity index (χ2n) is 8.37. The van der Waals surface area contributed by atoms with Crippen LogP contribution in [-0.2, 0) is 25.6 Å². The van der Waals surface area contributed by atoms with Gasteiger partial charge < -0.3 is 39.0 Å². The van der Waals surface area contributed by atoms with Crippen molar-refractivity contribution in [2.24, 2.45) is 0 Å². The predicted molar refractivity (Wildman–Crippen MR) is 116 cm³/mol. The highest BCUT2D eigenvalue weighted by atomic mass is 16.6. The SMILES string of the molecule is COc1c(C)c2c(c(O)c1C(O)/C=C(\C)CCC(=O)OCC[N+]1([O-])CCOCC1)C(=O)OC2. The number of methoxy groups -OCH3 is 1. The van der Waals surface area contributed by atoms with E-state index >= 15 is 0 Å². The number of hydrogen-bond donors (Lipinski definition) is 2. The summed E-state index contributed by atoms with van der Waals surface area (Å²) in [5.41, 5.74) is 1.94. The summed E-state index contributed by atoms with van der Waals surface area (Å²) < 4.78 is 20.4. The molecule has 2 aliphatic heterocycles. The van der Waals surface area contributed by atoms with Gasteiger partial charge in [0.1, 0.15) is 56.0 Å². The van der Waals surface area contributed by atoms with Crippen molar-refractivity contribution in [2.75, 3.05) is 46.6 Å². The number of phenols is 1. The Balaban J connectivity index is 1.60. The maximum Gasteiger partial charge on any atom is 0.342 e. The van der Waals surface area contributed by atoms with Gasteiger partial charge in [0.25, 0.3) is 0 Å². The van der Waals surface area contributed by atoms with Crippen LogP contribution in [0.15, 0.2) is 11.6 Å². The Morgan fingerprint density at radius 1 is 1.30 bits per heavy atom. The van der Waals surface area contributed by atoms with Gasteiger partial charge in [-0.3, -0.25) is 4.79 Å². The van der Waals surface area contributed by atoms with Crippen molar-refractivity contribution in [1.82, 2.24) is 0 Å². The zero-order chi connectivity index (χ0) is 24.2. The lowest BCUT2D eigenvalue weighted by atomic mass is 9.93. The molecule has 1 atom stereocenters. The van der Waals surface area contributed by atoms with Crippen LogP contribution in [0.1, 0.15) is 52.9 Å². The molecule has 0 spiro atoms. The summed E-state index contributed by atoms with van der Waals surface area (Å²) in [5, 5.41) is 33.8. The zero-order valence-corrected chi connectivity index (χ0v) is 19.2. The third-order valence-electron chi connectivity index (χ3n) is 6.10. The minimum atomic E-state index is -1.26. The highest BCUT2D eigenvalue weighted by Crippen LogP contribution is 2.44. The fraction of sp³-hybridized carbons (Fsp3) is 0.565. The maximum atomic E-state index is 12.4. The van der Waals surface area contributed by atoms with Crippen molar-refractivity contribution in [1.29, 1.82) is 0 Å². The lowest BCUT2D eigenvalue weighted by Crippen LogP contribution is -2.52. The summed E-state index contributed by atoms with van der Waals surface area (Å²) in [6, 6.07) is 0. The number of carbonyl (C=O) groups is 2. The number of morpholine rings is 1. The van der Waals surface area contributed by atoms with Gasteiger partial charge >= 0.3 is 11.9 Å². The van der Waals surface area contributed by atoms with Crippen molar-refractivity contribution in [3.63, 3.8) is 0 Å². The van der Waals surface area contributed by atoms with Gasteiger partial charge in [0.2, 0.25) is 0 Å². The van der Waals surface area contributed by atoms with Gasteiger partial charge in [0, 0.05) is 12.0 Å². The molecule has 1 aromatic carbocycles. The van der Waals surface area contributed by atoms with Gasteiger partial charge in [-0.1, -0.05) is 11.6 Å². The standard InChI is InChI=1S/C23H31NO9/c1-14(4-5-18(26)32-11-8-24(29)6-9-31-10-7-24)12-17(25)20-21(27)19-16(13-33-23(19)28)15(2)22(20)30-3/h12,17,25,27H,4-11,13H2,1-3H3/b14-12+. The van der Waals surface area contributed by atoms with Crippen LogP contribution in [0.25, 0.3) is 0 Å². The van der Waals surface area contributed by atoms with E-state index in [9.17, 15) is 25.0 Å². The summed E-state index contributed by atoms with van der Waals surface area (Å²) in [5.74, 6) is -1.18. The Labute approximate surface area is 192 Å². The van der Waals surface area contributed by atoms with Gasteiger partial charge in [0.05, 0.1) is 25.9 Å². The number of fused-ring (bicyclic) bond motifs is 1. The summed E-state index contributed by atoms with van der Waals surface area (Å²) in [6.07, 6.45) is 0.619. The summed E-state index contributed by atoms with van der Waals surface area (Å²) in [6.45, 7) is 5.28. The molecule has 0 radical (unpaired) electrons. The van der Waals surface area contributed by atoms with E-state index in [0.717, 1.165) is 0 Å². The average molecular weight is 465 g/mol. The van der Waals surface area contributed by atoms with E-state index in [1.807, 2.05) is 0 Å². The van der Waals surface area contributed by atoms with Crippen molar-refractivity contribution in [3.05, 3.63) is 39.1 Å².